The van der Waals surface area contributed by atoms with Crippen LogP contribution in [0.25, 0.3) is 0 Å². The average molecular weight is 326 g/mol. The van der Waals surface area contributed by atoms with Crippen LogP contribution >= 0.6 is 39.1 Å². The summed E-state index contributed by atoms with van der Waals surface area (Å²) in [6.07, 6.45) is 1.33. The number of ketones is 1. The third kappa shape index (κ3) is 3.96. The maximum Gasteiger partial charge on any atom is 0.170 e. The second-order valence-electron chi connectivity index (χ2n) is 3.27. The molecule has 0 spiro atoms. The number of benzene rings is 1. The molecule has 0 heterocycles. The summed E-state index contributed by atoms with van der Waals surface area (Å²) in [4.78, 5) is 11.3. The highest BCUT2D eigenvalue weighted by molar-refractivity contribution is 9.10. The van der Waals surface area contributed by atoms with E-state index in [2.05, 4.69) is 15.9 Å². The maximum atomic E-state index is 11.3. The second kappa shape index (κ2) is 6.48. The minimum atomic E-state index is 0.0333. The largest absolute Gasteiger partial charge is 0.484 e. The number of carbonyl (C=O) groups excluding carboxylic acids is 1. The lowest BCUT2D eigenvalue weighted by Crippen LogP contribution is -2.10. The van der Waals surface area contributed by atoms with Crippen LogP contribution in [0.5, 0.6) is 5.75 Å². The van der Waals surface area contributed by atoms with Crippen molar-refractivity contribution >= 4 is 44.9 Å². The zero-order valence-electron chi connectivity index (χ0n) is 8.73. The minimum Gasteiger partial charge on any atom is -0.484 e. The number of Topliss-reactive ketones (excluding diaryl/α,β-unsaturated/α-hetero) is 1. The van der Waals surface area contributed by atoms with E-state index in [1.807, 2.05) is 6.92 Å². The molecule has 0 aliphatic rings. The molecule has 0 aliphatic carbocycles. The van der Waals surface area contributed by atoms with Crippen LogP contribution in [0.2, 0.25) is 10.0 Å². The summed E-state index contributed by atoms with van der Waals surface area (Å²) in [6, 6.07) is 3.23. The van der Waals surface area contributed by atoms with Crippen LogP contribution in [0.15, 0.2) is 16.6 Å². The average Bonchev–Trinajstić information content (AvgIpc) is 2.22. The van der Waals surface area contributed by atoms with Gasteiger partial charge in [0.1, 0.15) is 12.4 Å². The minimum absolute atomic E-state index is 0.0333. The van der Waals surface area contributed by atoms with E-state index < -0.39 is 0 Å². The molecule has 0 aliphatic heterocycles. The van der Waals surface area contributed by atoms with Crippen molar-refractivity contribution in [1.82, 2.24) is 0 Å². The number of hydrogen-bond acceptors (Lipinski definition) is 2. The summed E-state index contributed by atoms with van der Waals surface area (Å²) in [6.45, 7) is 1.98. The van der Waals surface area contributed by atoms with Gasteiger partial charge < -0.3 is 4.74 Å². The zero-order valence-corrected chi connectivity index (χ0v) is 11.8. The van der Waals surface area contributed by atoms with E-state index in [9.17, 15) is 4.79 Å². The second-order valence-corrected chi connectivity index (χ2v) is 4.94. The number of hydrogen-bond donors (Lipinski definition) is 0. The monoisotopic (exact) mass is 324 g/mol. The van der Waals surface area contributed by atoms with Gasteiger partial charge in [0, 0.05) is 17.0 Å². The molecule has 0 fully saturated rings. The van der Waals surface area contributed by atoms with Crippen LogP contribution < -0.4 is 4.74 Å². The van der Waals surface area contributed by atoms with Crippen molar-refractivity contribution in [3.8, 4) is 5.75 Å². The number of rotatable bonds is 5. The van der Waals surface area contributed by atoms with Gasteiger partial charge in [-0.05, 0) is 28.4 Å². The molecule has 16 heavy (non-hydrogen) atoms. The summed E-state index contributed by atoms with van der Waals surface area (Å²) in [5.74, 6) is 0.483. The Balaban J connectivity index is 2.67. The van der Waals surface area contributed by atoms with Crippen LogP contribution in [-0.2, 0) is 4.79 Å². The van der Waals surface area contributed by atoms with Crippen molar-refractivity contribution in [1.29, 1.82) is 0 Å². The summed E-state index contributed by atoms with van der Waals surface area (Å²) >= 11 is 15.1. The lowest BCUT2D eigenvalue weighted by atomic mass is 10.2. The maximum absolute atomic E-state index is 11.3. The summed E-state index contributed by atoms with van der Waals surface area (Å²) in [5, 5.41) is 0.933. The van der Waals surface area contributed by atoms with E-state index in [0.29, 0.717) is 26.7 Å². The number of halogens is 3. The summed E-state index contributed by atoms with van der Waals surface area (Å²) < 4.78 is 6.00. The quantitative estimate of drug-likeness (QED) is 0.745. The molecule has 5 heteroatoms. The van der Waals surface area contributed by atoms with Crippen molar-refractivity contribution in [2.24, 2.45) is 0 Å². The molecule has 1 aromatic rings. The predicted molar refractivity (Wildman–Crippen MR) is 69.6 cm³/mol. The Morgan fingerprint density at radius 3 is 2.69 bits per heavy atom. The fourth-order valence-electron chi connectivity index (χ4n) is 1.12. The molecule has 0 unspecified atom stereocenters. The van der Waals surface area contributed by atoms with Gasteiger partial charge in [-0.25, -0.2) is 0 Å². The molecular formula is C11H11BrCl2O2. The van der Waals surface area contributed by atoms with Crippen LogP contribution in [-0.4, -0.2) is 12.4 Å². The van der Waals surface area contributed by atoms with Crippen LogP contribution in [0, 0.1) is 0 Å². The highest BCUT2D eigenvalue weighted by Crippen LogP contribution is 2.33. The molecular weight excluding hydrogens is 315 g/mol. The molecule has 0 aromatic heterocycles. The van der Waals surface area contributed by atoms with Crippen molar-refractivity contribution in [3.05, 3.63) is 26.7 Å². The van der Waals surface area contributed by atoms with Crippen LogP contribution in [0.4, 0.5) is 0 Å². The zero-order chi connectivity index (χ0) is 12.1. The number of carbonyl (C=O) groups is 1. The fourth-order valence-corrected chi connectivity index (χ4v) is 1.97. The van der Waals surface area contributed by atoms with E-state index in [-0.39, 0.29) is 12.4 Å². The normalized spacial score (nSPS) is 10.2. The Bertz CT molecular complexity index is 394. The van der Waals surface area contributed by atoms with Gasteiger partial charge in [-0.2, -0.15) is 0 Å². The van der Waals surface area contributed by atoms with Crippen molar-refractivity contribution in [2.75, 3.05) is 6.61 Å². The molecule has 0 bridgehead atoms. The molecule has 1 rings (SSSR count). The topological polar surface area (TPSA) is 26.3 Å². The fraction of sp³-hybridized carbons (Fsp3) is 0.364. The SMILES string of the molecule is CCCC(=O)COc1cc(Cl)c(Br)cc1Cl. The van der Waals surface area contributed by atoms with Gasteiger partial charge in [-0.3, -0.25) is 4.79 Å². The van der Waals surface area contributed by atoms with Gasteiger partial charge in [0.25, 0.3) is 0 Å². The standard InChI is InChI=1S/C11H11BrCl2O2/c1-2-3-7(15)6-16-11-5-9(13)8(12)4-10(11)14/h4-5H,2-3,6H2,1H3. The van der Waals surface area contributed by atoms with Crippen LogP contribution in [0.1, 0.15) is 19.8 Å². The van der Waals surface area contributed by atoms with Gasteiger partial charge in [-0.15, -0.1) is 0 Å². The summed E-state index contributed by atoms with van der Waals surface area (Å²) in [5.41, 5.74) is 0. The Kier molecular flexibility index (Phi) is 5.59. The molecule has 88 valence electrons. The van der Waals surface area contributed by atoms with Gasteiger partial charge in [0.05, 0.1) is 10.0 Å². The Labute approximate surface area is 113 Å². The van der Waals surface area contributed by atoms with Crippen molar-refractivity contribution in [3.63, 3.8) is 0 Å². The molecule has 1 aromatic carbocycles. The van der Waals surface area contributed by atoms with E-state index in [1.54, 1.807) is 12.1 Å². The van der Waals surface area contributed by atoms with Gasteiger partial charge in [0.2, 0.25) is 0 Å². The van der Waals surface area contributed by atoms with Gasteiger partial charge >= 0.3 is 0 Å². The van der Waals surface area contributed by atoms with Crippen LogP contribution in [0.3, 0.4) is 0 Å². The molecule has 0 radical (unpaired) electrons. The Hall–Kier alpha value is -0.250. The highest BCUT2D eigenvalue weighted by Gasteiger charge is 2.08. The first kappa shape index (κ1) is 13.8. The van der Waals surface area contributed by atoms with E-state index in [1.165, 1.54) is 0 Å². The molecule has 0 saturated carbocycles. The van der Waals surface area contributed by atoms with Gasteiger partial charge in [-0.1, -0.05) is 30.1 Å². The molecule has 2 nitrogen and oxygen atoms in total. The lowest BCUT2D eigenvalue weighted by Gasteiger charge is -2.08. The van der Waals surface area contributed by atoms with E-state index in [4.69, 9.17) is 27.9 Å². The van der Waals surface area contributed by atoms with E-state index in [0.717, 1.165) is 6.42 Å². The Morgan fingerprint density at radius 1 is 1.38 bits per heavy atom. The molecule has 0 atom stereocenters. The third-order valence-electron chi connectivity index (χ3n) is 1.89. The number of ether oxygens (including phenoxy) is 1. The highest BCUT2D eigenvalue weighted by atomic mass is 79.9. The first-order chi connectivity index (χ1) is 7.54. The first-order valence-electron chi connectivity index (χ1n) is 4.83. The van der Waals surface area contributed by atoms with Gasteiger partial charge in [0.15, 0.2) is 5.78 Å². The van der Waals surface area contributed by atoms with Crippen molar-refractivity contribution < 1.29 is 9.53 Å². The molecule has 0 N–H and O–H groups in total. The van der Waals surface area contributed by atoms with E-state index >= 15 is 0 Å². The smallest absolute Gasteiger partial charge is 0.170 e. The van der Waals surface area contributed by atoms with Crippen molar-refractivity contribution in [2.45, 2.75) is 19.8 Å². The first-order valence-corrected chi connectivity index (χ1v) is 6.38. The molecule has 0 saturated heterocycles. The molecule has 0 amide bonds. The lowest BCUT2D eigenvalue weighted by molar-refractivity contribution is -0.121. The predicted octanol–water partition coefficient (Wildman–Crippen LogP) is 4.50. The Morgan fingerprint density at radius 2 is 2.06 bits per heavy atom. The summed E-state index contributed by atoms with van der Waals surface area (Å²) in [7, 11) is 0. The third-order valence-corrected chi connectivity index (χ3v) is 3.38.